The van der Waals surface area contributed by atoms with Gasteiger partial charge in [-0.3, -0.25) is 0 Å². The molecule has 0 aromatic heterocycles. The van der Waals surface area contributed by atoms with Crippen LogP contribution in [0.3, 0.4) is 0 Å². The summed E-state index contributed by atoms with van der Waals surface area (Å²) in [5.41, 5.74) is 0. The first-order chi connectivity index (χ1) is 9.21. The monoisotopic (exact) mass is 302 g/mol. The van der Waals surface area contributed by atoms with Crippen molar-refractivity contribution in [1.29, 1.82) is 0 Å². The number of rotatable bonds is 8. The van der Waals surface area contributed by atoms with E-state index in [-0.39, 0.29) is 13.0 Å². The molecule has 0 radical (unpaired) electrons. The molecule has 118 valence electrons. The van der Waals surface area contributed by atoms with E-state index in [1.54, 1.807) is 0 Å². The van der Waals surface area contributed by atoms with Crippen molar-refractivity contribution in [3.63, 3.8) is 0 Å². The molecule has 1 unspecified atom stereocenters. The standard InChI is InChI=1S/C10H17F3N2O5/c1-20-5-2-7(8(17)18)14-9(19)15(3-4-16)6-10(11,12)13/h7,16H,2-6H2,1H3,(H,14,19)(H,17,18). The van der Waals surface area contributed by atoms with Crippen molar-refractivity contribution in [3.05, 3.63) is 0 Å². The molecule has 0 aromatic rings. The first-order valence-corrected chi connectivity index (χ1v) is 5.66. The van der Waals surface area contributed by atoms with Gasteiger partial charge in [-0.1, -0.05) is 0 Å². The summed E-state index contributed by atoms with van der Waals surface area (Å²) in [4.78, 5) is 22.7. The number of aliphatic hydroxyl groups excluding tert-OH is 1. The van der Waals surface area contributed by atoms with Crippen LogP contribution in [0.4, 0.5) is 18.0 Å². The number of nitrogens with one attached hydrogen (secondary N) is 1. The maximum Gasteiger partial charge on any atom is 0.406 e. The molecule has 0 spiro atoms. The van der Waals surface area contributed by atoms with Gasteiger partial charge in [0.1, 0.15) is 12.6 Å². The highest BCUT2D eigenvalue weighted by molar-refractivity contribution is 5.82. The molecule has 0 aliphatic rings. The predicted octanol–water partition coefficient (Wildman–Crippen LogP) is 0.0423. The van der Waals surface area contributed by atoms with Gasteiger partial charge in [-0.15, -0.1) is 0 Å². The molecule has 0 saturated heterocycles. The van der Waals surface area contributed by atoms with Crippen LogP contribution in [0.1, 0.15) is 6.42 Å². The van der Waals surface area contributed by atoms with Gasteiger partial charge in [-0.25, -0.2) is 9.59 Å². The van der Waals surface area contributed by atoms with Crippen LogP contribution < -0.4 is 5.32 Å². The number of aliphatic carboxylic acids is 1. The number of carboxylic acid groups (broad SMARTS) is 1. The summed E-state index contributed by atoms with van der Waals surface area (Å²) in [7, 11) is 1.32. The van der Waals surface area contributed by atoms with Gasteiger partial charge < -0.3 is 25.2 Å². The van der Waals surface area contributed by atoms with E-state index in [1.165, 1.54) is 7.11 Å². The van der Waals surface area contributed by atoms with Crippen LogP contribution in [0, 0.1) is 0 Å². The smallest absolute Gasteiger partial charge is 0.406 e. The number of amides is 2. The van der Waals surface area contributed by atoms with E-state index in [4.69, 9.17) is 10.2 Å². The summed E-state index contributed by atoms with van der Waals surface area (Å²) in [6.07, 6.45) is -4.73. The van der Waals surface area contributed by atoms with Gasteiger partial charge >= 0.3 is 18.2 Å². The minimum Gasteiger partial charge on any atom is -0.480 e. The maximum atomic E-state index is 12.2. The lowest BCUT2D eigenvalue weighted by Crippen LogP contribution is -2.51. The molecule has 10 heteroatoms. The molecule has 0 heterocycles. The molecule has 0 aromatic carbocycles. The topological polar surface area (TPSA) is 99.1 Å². The third kappa shape index (κ3) is 7.79. The summed E-state index contributed by atoms with van der Waals surface area (Å²) in [6, 6.07) is -2.57. The number of hydrogen-bond donors (Lipinski definition) is 3. The van der Waals surface area contributed by atoms with E-state index in [0.29, 0.717) is 4.90 Å². The van der Waals surface area contributed by atoms with E-state index < -0.39 is 43.9 Å². The zero-order chi connectivity index (χ0) is 15.8. The van der Waals surface area contributed by atoms with E-state index >= 15 is 0 Å². The van der Waals surface area contributed by atoms with E-state index in [2.05, 4.69) is 4.74 Å². The normalized spacial score (nSPS) is 12.8. The fourth-order valence-electron chi connectivity index (χ4n) is 1.32. The first kappa shape index (κ1) is 18.4. The van der Waals surface area contributed by atoms with Crippen molar-refractivity contribution in [1.82, 2.24) is 10.2 Å². The Kier molecular flexibility index (Phi) is 7.92. The molecule has 7 nitrogen and oxygen atoms in total. The maximum absolute atomic E-state index is 12.2. The van der Waals surface area contributed by atoms with Gasteiger partial charge in [0.15, 0.2) is 0 Å². The van der Waals surface area contributed by atoms with Crippen LogP contribution in [-0.4, -0.2) is 72.7 Å². The lowest BCUT2D eigenvalue weighted by molar-refractivity contribution is -0.141. The molecular formula is C10H17F3N2O5. The number of carbonyl (C=O) groups is 2. The van der Waals surface area contributed by atoms with Crippen molar-refractivity contribution in [2.75, 3.05) is 33.4 Å². The number of halogens is 3. The van der Waals surface area contributed by atoms with Crippen LogP contribution in [0.15, 0.2) is 0 Å². The summed E-state index contributed by atoms with van der Waals surface area (Å²) in [5.74, 6) is -1.38. The fourth-order valence-corrected chi connectivity index (χ4v) is 1.32. The molecule has 0 aliphatic carbocycles. The van der Waals surface area contributed by atoms with E-state index in [9.17, 15) is 22.8 Å². The van der Waals surface area contributed by atoms with Crippen LogP contribution in [0.2, 0.25) is 0 Å². The number of hydrogen-bond acceptors (Lipinski definition) is 4. The average Bonchev–Trinajstić information content (AvgIpc) is 2.31. The molecule has 20 heavy (non-hydrogen) atoms. The largest absolute Gasteiger partial charge is 0.480 e. The lowest BCUT2D eigenvalue weighted by atomic mass is 10.2. The lowest BCUT2D eigenvalue weighted by Gasteiger charge is -2.25. The number of urea groups is 1. The Hall–Kier alpha value is -1.55. The summed E-state index contributed by atoms with van der Waals surface area (Å²) < 4.78 is 41.4. The van der Waals surface area contributed by atoms with E-state index in [0.717, 1.165) is 0 Å². The number of ether oxygens (including phenoxy) is 1. The summed E-state index contributed by atoms with van der Waals surface area (Å²) >= 11 is 0. The number of nitrogens with zero attached hydrogens (tertiary/aromatic N) is 1. The second-order valence-electron chi connectivity index (χ2n) is 3.88. The third-order valence-electron chi connectivity index (χ3n) is 2.23. The van der Waals surface area contributed by atoms with Crippen LogP contribution >= 0.6 is 0 Å². The second-order valence-corrected chi connectivity index (χ2v) is 3.88. The fraction of sp³-hybridized carbons (Fsp3) is 0.800. The number of aliphatic hydroxyl groups is 1. The Morgan fingerprint density at radius 3 is 2.40 bits per heavy atom. The molecule has 0 rings (SSSR count). The van der Waals surface area contributed by atoms with Gasteiger partial charge in [0.25, 0.3) is 0 Å². The van der Waals surface area contributed by atoms with Crippen molar-refractivity contribution in [2.24, 2.45) is 0 Å². The highest BCUT2D eigenvalue weighted by Crippen LogP contribution is 2.16. The SMILES string of the molecule is COCCC(NC(=O)N(CCO)CC(F)(F)F)C(=O)O. The molecule has 0 fully saturated rings. The Bertz CT molecular complexity index is 325. The number of carbonyl (C=O) groups excluding carboxylic acids is 1. The summed E-state index contributed by atoms with van der Waals surface area (Å²) in [5, 5.41) is 19.4. The first-order valence-electron chi connectivity index (χ1n) is 5.66. The number of alkyl halides is 3. The van der Waals surface area contributed by atoms with Gasteiger partial charge in [-0.05, 0) is 0 Å². The van der Waals surface area contributed by atoms with Crippen molar-refractivity contribution < 1.29 is 37.7 Å². The van der Waals surface area contributed by atoms with Crippen molar-refractivity contribution in [2.45, 2.75) is 18.6 Å². The predicted molar refractivity (Wildman–Crippen MR) is 61.2 cm³/mol. The zero-order valence-electron chi connectivity index (χ0n) is 10.8. The Labute approximate surface area is 113 Å². The number of methoxy groups -OCH3 is 1. The molecular weight excluding hydrogens is 285 g/mol. The van der Waals surface area contributed by atoms with Gasteiger partial charge in [0.05, 0.1) is 6.61 Å². The molecule has 1 atom stereocenters. The molecule has 0 aliphatic heterocycles. The quantitative estimate of drug-likeness (QED) is 0.588. The van der Waals surface area contributed by atoms with Crippen molar-refractivity contribution in [3.8, 4) is 0 Å². The average molecular weight is 302 g/mol. The highest BCUT2D eigenvalue weighted by Gasteiger charge is 2.34. The zero-order valence-corrected chi connectivity index (χ0v) is 10.8. The summed E-state index contributed by atoms with van der Waals surface area (Å²) in [6.45, 7) is -2.77. The molecule has 3 N–H and O–H groups in total. The van der Waals surface area contributed by atoms with Gasteiger partial charge in [0.2, 0.25) is 0 Å². The Morgan fingerprint density at radius 2 is 2.00 bits per heavy atom. The van der Waals surface area contributed by atoms with E-state index in [1.807, 2.05) is 5.32 Å². The second kappa shape index (κ2) is 8.59. The molecule has 0 saturated carbocycles. The highest BCUT2D eigenvalue weighted by atomic mass is 19.4. The number of carboxylic acids is 1. The minimum absolute atomic E-state index is 0.0243. The third-order valence-corrected chi connectivity index (χ3v) is 2.23. The van der Waals surface area contributed by atoms with Crippen LogP contribution in [-0.2, 0) is 9.53 Å². The van der Waals surface area contributed by atoms with Gasteiger partial charge in [0, 0.05) is 26.7 Å². The van der Waals surface area contributed by atoms with Crippen molar-refractivity contribution >= 4 is 12.0 Å². The Balaban J connectivity index is 4.66. The van der Waals surface area contributed by atoms with Crippen LogP contribution in [0.5, 0.6) is 0 Å². The van der Waals surface area contributed by atoms with Crippen LogP contribution in [0.25, 0.3) is 0 Å². The Morgan fingerprint density at radius 1 is 1.40 bits per heavy atom. The van der Waals surface area contributed by atoms with Gasteiger partial charge in [-0.2, -0.15) is 13.2 Å². The minimum atomic E-state index is -4.64. The molecule has 2 amide bonds. The molecule has 0 bridgehead atoms.